The number of rotatable bonds is 3. The van der Waals surface area contributed by atoms with Crippen LogP contribution in [0.1, 0.15) is 20.3 Å². The van der Waals surface area contributed by atoms with E-state index in [1.165, 1.54) is 33.7 Å². The summed E-state index contributed by atoms with van der Waals surface area (Å²) in [6.45, 7) is 4.56. The van der Waals surface area contributed by atoms with Crippen molar-refractivity contribution < 1.29 is 19.2 Å². The van der Waals surface area contributed by atoms with Gasteiger partial charge >= 0.3 is 0 Å². The molecule has 0 radical (unpaired) electrons. The standard InChI is InChI=1S/C7H11NO2S.C6H7NO2.CH4S/c1-3-8-6(9)4-5(11-2)7(8)10;1-2-7-5(8)3-4-6(7)9;1-2/h5H,3-4H2,1-2H3;3-4H,2H2,1H3;2H,1H3. The molecule has 0 spiro atoms. The van der Waals surface area contributed by atoms with Crippen molar-refractivity contribution in [1.82, 2.24) is 9.80 Å². The second-order valence-corrected chi connectivity index (χ2v) is 5.20. The number of imide groups is 2. The number of carbonyl (C=O) groups excluding carboxylic acids is 4. The lowest BCUT2D eigenvalue weighted by Crippen LogP contribution is -2.30. The molecule has 0 saturated carbocycles. The van der Waals surface area contributed by atoms with Gasteiger partial charge in [0.2, 0.25) is 11.8 Å². The van der Waals surface area contributed by atoms with Crippen molar-refractivity contribution in [3.8, 4) is 0 Å². The fraction of sp³-hybridized carbons (Fsp3) is 0.571. The number of hydrogen-bond donors (Lipinski definition) is 1. The molecule has 4 amide bonds. The highest BCUT2D eigenvalue weighted by molar-refractivity contribution is 8.00. The molecule has 124 valence electrons. The van der Waals surface area contributed by atoms with Crippen LogP contribution in [-0.2, 0) is 19.2 Å². The minimum Gasteiger partial charge on any atom is -0.282 e. The lowest BCUT2D eigenvalue weighted by molar-refractivity contribution is -0.138. The molecular weight excluding hydrogens is 324 g/mol. The van der Waals surface area contributed by atoms with E-state index in [-0.39, 0.29) is 28.9 Å². The highest BCUT2D eigenvalue weighted by atomic mass is 32.2. The van der Waals surface area contributed by atoms with E-state index in [0.29, 0.717) is 19.5 Å². The van der Waals surface area contributed by atoms with Crippen molar-refractivity contribution in [1.29, 1.82) is 0 Å². The highest BCUT2D eigenvalue weighted by Gasteiger charge is 2.36. The van der Waals surface area contributed by atoms with Gasteiger partial charge < -0.3 is 0 Å². The third-order valence-corrected chi connectivity index (χ3v) is 3.96. The van der Waals surface area contributed by atoms with Gasteiger partial charge in [-0.05, 0) is 26.4 Å². The number of likely N-dealkylation sites (tertiary alicyclic amines) is 1. The fourth-order valence-corrected chi connectivity index (χ4v) is 2.55. The van der Waals surface area contributed by atoms with Gasteiger partial charge in [-0.15, -0.1) is 0 Å². The molecule has 22 heavy (non-hydrogen) atoms. The molecule has 2 aliphatic rings. The summed E-state index contributed by atoms with van der Waals surface area (Å²) < 4.78 is 0. The van der Waals surface area contributed by atoms with Crippen molar-refractivity contribution in [2.24, 2.45) is 0 Å². The molecule has 2 heterocycles. The number of nitrogens with zero attached hydrogens (tertiary/aromatic N) is 2. The van der Waals surface area contributed by atoms with E-state index in [4.69, 9.17) is 0 Å². The number of amides is 4. The van der Waals surface area contributed by atoms with E-state index in [1.807, 2.05) is 13.2 Å². The molecule has 1 saturated heterocycles. The van der Waals surface area contributed by atoms with Crippen LogP contribution >= 0.6 is 24.4 Å². The van der Waals surface area contributed by atoms with E-state index < -0.39 is 0 Å². The molecule has 0 aromatic rings. The Kier molecular flexibility index (Phi) is 9.84. The maximum Gasteiger partial charge on any atom is 0.253 e. The Morgan fingerprint density at radius 1 is 1.05 bits per heavy atom. The molecule has 1 unspecified atom stereocenters. The number of thioether (sulfide) groups is 1. The number of thiol groups is 1. The molecule has 2 rings (SSSR count). The van der Waals surface area contributed by atoms with Crippen molar-refractivity contribution in [3.63, 3.8) is 0 Å². The van der Waals surface area contributed by atoms with Crippen molar-refractivity contribution in [2.75, 3.05) is 25.6 Å². The maximum absolute atomic E-state index is 11.3. The molecular formula is C14H22N2O4S2. The Balaban J connectivity index is 0.000000366. The van der Waals surface area contributed by atoms with E-state index >= 15 is 0 Å². The maximum atomic E-state index is 11.3. The average Bonchev–Trinajstić information content (AvgIpc) is 3.00. The van der Waals surface area contributed by atoms with Crippen LogP contribution in [0.15, 0.2) is 12.2 Å². The summed E-state index contributed by atoms with van der Waals surface area (Å²) in [4.78, 5) is 46.1. The lowest BCUT2D eigenvalue weighted by Gasteiger charge is -2.09. The third-order valence-electron chi connectivity index (χ3n) is 3.02. The summed E-state index contributed by atoms with van der Waals surface area (Å²) >= 11 is 4.98. The molecule has 0 aliphatic carbocycles. The van der Waals surface area contributed by atoms with E-state index in [1.54, 1.807) is 13.2 Å². The fourth-order valence-electron chi connectivity index (χ4n) is 1.91. The van der Waals surface area contributed by atoms with Crippen LogP contribution < -0.4 is 0 Å². The van der Waals surface area contributed by atoms with Gasteiger partial charge in [-0.1, -0.05) is 0 Å². The predicted octanol–water partition coefficient (Wildman–Crippen LogP) is 0.974. The van der Waals surface area contributed by atoms with Crippen molar-refractivity contribution in [2.45, 2.75) is 25.5 Å². The molecule has 0 aromatic carbocycles. The first-order chi connectivity index (χ1) is 10.5. The van der Waals surface area contributed by atoms with Crippen LogP contribution in [0.4, 0.5) is 0 Å². The minimum atomic E-state index is -0.206. The van der Waals surface area contributed by atoms with Crippen LogP contribution in [0.5, 0.6) is 0 Å². The molecule has 0 aromatic heterocycles. The molecule has 1 atom stereocenters. The van der Waals surface area contributed by atoms with Crippen LogP contribution in [0.3, 0.4) is 0 Å². The summed E-state index contributed by atoms with van der Waals surface area (Å²) in [6, 6.07) is 0. The minimum absolute atomic E-state index is 0.0231. The monoisotopic (exact) mass is 346 g/mol. The Morgan fingerprint density at radius 2 is 1.50 bits per heavy atom. The van der Waals surface area contributed by atoms with Gasteiger partial charge in [-0.25, -0.2) is 0 Å². The van der Waals surface area contributed by atoms with Crippen LogP contribution in [0.2, 0.25) is 0 Å². The number of likely N-dealkylation sites (N-methyl/N-ethyl adjacent to an activating group) is 1. The van der Waals surface area contributed by atoms with Crippen molar-refractivity contribution in [3.05, 3.63) is 12.2 Å². The van der Waals surface area contributed by atoms with Crippen LogP contribution in [0, 0.1) is 0 Å². The Bertz CT molecular complexity index is 448. The molecule has 0 N–H and O–H groups in total. The average molecular weight is 346 g/mol. The Labute approximate surface area is 140 Å². The zero-order valence-corrected chi connectivity index (χ0v) is 14.9. The van der Waals surface area contributed by atoms with Gasteiger partial charge in [0.05, 0.1) is 5.25 Å². The van der Waals surface area contributed by atoms with Crippen LogP contribution in [-0.4, -0.2) is 64.3 Å². The van der Waals surface area contributed by atoms with Gasteiger partial charge in [-0.2, -0.15) is 24.4 Å². The van der Waals surface area contributed by atoms with Crippen molar-refractivity contribution >= 4 is 48.0 Å². The summed E-state index contributed by atoms with van der Waals surface area (Å²) in [5.74, 6) is -0.466. The Morgan fingerprint density at radius 3 is 1.73 bits per heavy atom. The normalized spacial score (nSPS) is 20.0. The molecule has 1 fully saturated rings. The molecule has 8 heteroatoms. The zero-order chi connectivity index (χ0) is 17.3. The second kappa shape index (κ2) is 10.4. The van der Waals surface area contributed by atoms with Gasteiger partial charge in [0.1, 0.15) is 0 Å². The van der Waals surface area contributed by atoms with E-state index in [2.05, 4.69) is 12.6 Å². The smallest absolute Gasteiger partial charge is 0.253 e. The predicted molar refractivity (Wildman–Crippen MR) is 90.8 cm³/mol. The van der Waals surface area contributed by atoms with Gasteiger partial charge in [0, 0.05) is 31.7 Å². The van der Waals surface area contributed by atoms with Gasteiger partial charge in [0.15, 0.2) is 0 Å². The Hall–Kier alpha value is -1.28. The topological polar surface area (TPSA) is 74.8 Å². The number of hydrogen-bond acceptors (Lipinski definition) is 6. The van der Waals surface area contributed by atoms with Crippen LogP contribution in [0.25, 0.3) is 0 Å². The third kappa shape index (κ3) is 5.17. The summed E-state index contributed by atoms with van der Waals surface area (Å²) in [7, 11) is 0. The summed E-state index contributed by atoms with van der Waals surface area (Å²) in [6.07, 6.45) is 6.50. The quantitative estimate of drug-likeness (QED) is 0.609. The SMILES string of the molecule is CCN1C(=O)C=CC1=O.CCN1C(=O)CC(SC)C1=O.CS. The summed E-state index contributed by atoms with van der Waals surface area (Å²) in [5.41, 5.74) is 0. The first kappa shape index (κ1) is 20.7. The molecule has 6 nitrogen and oxygen atoms in total. The second-order valence-electron chi connectivity index (χ2n) is 4.16. The summed E-state index contributed by atoms with van der Waals surface area (Å²) in [5, 5.41) is -0.123. The van der Waals surface area contributed by atoms with E-state index in [0.717, 1.165) is 0 Å². The van der Waals surface area contributed by atoms with Gasteiger partial charge in [0.25, 0.3) is 11.8 Å². The lowest BCUT2D eigenvalue weighted by atomic mass is 10.4. The first-order valence-corrected chi connectivity index (χ1v) is 8.99. The highest BCUT2D eigenvalue weighted by Crippen LogP contribution is 2.22. The zero-order valence-electron chi connectivity index (χ0n) is 13.2. The van der Waals surface area contributed by atoms with E-state index in [9.17, 15) is 19.2 Å². The largest absolute Gasteiger partial charge is 0.282 e. The van der Waals surface area contributed by atoms with Gasteiger partial charge in [-0.3, -0.25) is 29.0 Å². The first-order valence-electron chi connectivity index (χ1n) is 6.81. The molecule has 0 bridgehead atoms. The number of carbonyl (C=O) groups is 4. The molecule has 2 aliphatic heterocycles.